The van der Waals surface area contributed by atoms with E-state index in [1.165, 1.54) is 10.8 Å². The fourth-order valence-corrected chi connectivity index (χ4v) is 12.3. The Morgan fingerprint density at radius 1 is 0.315 bits per heavy atom. The molecule has 0 amide bonds. The lowest BCUT2D eigenvalue weighted by Crippen LogP contribution is -2.14. The van der Waals surface area contributed by atoms with Crippen LogP contribution in [0, 0.1) is 29.6 Å². The SMILES string of the molecule is Cc1ccc(-c2c(-n3c4ccccc4c4ccccc43)c(C#N)c(-n3c4ccc(-n5c6ccccc6c6ccccc65)cc4c4c5ccccc5ccc43)c(C#N)c2-n2c3ccccc3c3ccccc32)cc1. The molecular weight excluding hydrogens is 889 g/mol. The Labute approximate surface area is 418 Å². The number of aryl methyl sites for hydroxylation is 1. The molecule has 0 aliphatic carbocycles. The van der Waals surface area contributed by atoms with Crippen molar-refractivity contribution in [3.8, 4) is 46.0 Å². The second kappa shape index (κ2) is 15.4. The molecule has 0 N–H and O–H groups in total. The van der Waals surface area contributed by atoms with Crippen molar-refractivity contribution >= 4 is 98.0 Å². The summed E-state index contributed by atoms with van der Waals surface area (Å²) in [4.78, 5) is 0. The average Bonchev–Trinajstić information content (AvgIpc) is 4.17. The van der Waals surface area contributed by atoms with Gasteiger partial charge in [-0.25, -0.2) is 0 Å². The number of hydrogen-bond acceptors (Lipinski definition) is 2. The standard InChI is InChI=1S/C67H40N6/c1-41-30-32-43(33-31-41)63-66(71-57-26-12-6-20-48(57)49-21-7-13-27-58(49)71)53(39-68)65(54(40-69)67(63)72-59-28-14-8-22-50(59)51-23-9-15-29-60(51)72)73-61-37-35-44(38-52(61)64-45-17-3-2-16-42(45)34-36-62(64)73)70-55-24-10-4-18-46(55)47-19-5-11-25-56(47)70/h2-38H,1H3. The van der Waals surface area contributed by atoms with E-state index in [4.69, 9.17) is 0 Å². The van der Waals surface area contributed by atoms with E-state index in [1.54, 1.807) is 0 Å². The Morgan fingerprint density at radius 2 is 0.685 bits per heavy atom. The highest BCUT2D eigenvalue weighted by Crippen LogP contribution is 2.50. The molecule has 0 radical (unpaired) electrons. The van der Waals surface area contributed by atoms with Crippen molar-refractivity contribution in [2.75, 3.05) is 0 Å². The van der Waals surface area contributed by atoms with E-state index in [0.29, 0.717) is 28.2 Å². The molecule has 0 aliphatic heterocycles. The molecule has 15 aromatic rings. The minimum atomic E-state index is 0.390. The van der Waals surface area contributed by atoms with Crippen LogP contribution in [0.25, 0.3) is 132 Å². The Balaban J connectivity index is 1.19. The van der Waals surface area contributed by atoms with Gasteiger partial charge in [-0.15, -0.1) is 0 Å². The van der Waals surface area contributed by atoms with Gasteiger partial charge in [-0.2, -0.15) is 10.5 Å². The van der Waals surface area contributed by atoms with Crippen molar-refractivity contribution < 1.29 is 0 Å². The molecule has 6 nitrogen and oxygen atoms in total. The van der Waals surface area contributed by atoms with Crippen LogP contribution in [-0.4, -0.2) is 18.3 Å². The van der Waals surface area contributed by atoms with Crippen LogP contribution in [0.5, 0.6) is 0 Å². The number of fused-ring (bicyclic) bond motifs is 14. The fraction of sp³-hybridized carbons (Fsp3) is 0.0149. The van der Waals surface area contributed by atoms with Crippen LogP contribution in [0.1, 0.15) is 16.7 Å². The molecule has 0 aliphatic rings. The van der Waals surface area contributed by atoms with E-state index in [9.17, 15) is 10.5 Å². The first-order chi connectivity index (χ1) is 36.1. The van der Waals surface area contributed by atoms with E-state index in [2.05, 4.69) is 262 Å². The van der Waals surface area contributed by atoms with E-state index < -0.39 is 0 Å². The zero-order valence-electron chi connectivity index (χ0n) is 39.5. The van der Waals surface area contributed by atoms with Crippen molar-refractivity contribution in [2.45, 2.75) is 6.92 Å². The Bertz CT molecular complexity index is 4630. The molecule has 0 spiro atoms. The third-order valence-electron chi connectivity index (χ3n) is 15.3. The second-order valence-electron chi connectivity index (χ2n) is 19.1. The van der Waals surface area contributed by atoms with Crippen molar-refractivity contribution in [3.63, 3.8) is 0 Å². The number of hydrogen-bond donors (Lipinski definition) is 0. The summed E-state index contributed by atoms with van der Waals surface area (Å²) in [6, 6.07) is 84.8. The molecule has 0 fully saturated rings. The molecule has 73 heavy (non-hydrogen) atoms. The van der Waals surface area contributed by atoms with Gasteiger partial charge < -0.3 is 18.3 Å². The number of nitrogens with zero attached hydrogens (tertiary/aromatic N) is 6. The highest BCUT2D eigenvalue weighted by atomic mass is 15.1. The molecule has 4 heterocycles. The molecule has 338 valence electrons. The average molecular weight is 929 g/mol. The van der Waals surface area contributed by atoms with Gasteiger partial charge in [0.2, 0.25) is 0 Å². The van der Waals surface area contributed by atoms with E-state index in [0.717, 1.165) is 110 Å². The second-order valence-corrected chi connectivity index (χ2v) is 19.1. The third kappa shape index (κ3) is 5.61. The minimum absolute atomic E-state index is 0.390. The summed E-state index contributed by atoms with van der Waals surface area (Å²) in [7, 11) is 0. The largest absolute Gasteiger partial charge is 0.309 e. The topological polar surface area (TPSA) is 67.3 Å². The van der Waals surface area contributed by atoms with E-state index in [1.807, 2.05) is 0 Å². The lowest BCUT2D eigenvalue weighted by Gasteiger charge is -2.26. The van der Waals surface area contributed by atoms with E-state index >= 15 is 0 Å². The Hall–Kier alpha value is -10.1. The lowest BCUT2D eigenvalue weighted by atomic mass is 9.91. The summed E-state index contributed by atoms with van der Waals surface area (Å²) < 4.78 is 9.14. The molecule has 6 heteroatoms. The first-order valence-electron chi connectivity index (χ1n) is 24.6. The number of benzene rings is 11. The van der Waals surface area contributed by atoms with Crippen LogP contribution in [0.4, 0.5) is 0 Å². The summed E-state index contributed by atoms with van der Waals surface area (Å²) in [6.07, 6.45) is 0. The molecule has 11 aromatic carbocycles. The highest BCUT2D eigenvalue weighted by Gasteiger charge is 2.33. The quantitative estimate of drug-likeness (QED) is 0.173. The van der Waals surface area contributed by atoms with Gasteiger partial charge >= 0.3 is 0 Å². The molecule has 0 bridgehead atoms. The van der Waals surface area contributed by atoms with Gasteiger partial charge in [0.05, 0.1) is 61.2 Å². The van der Waals surface area contributed by atoms with Crippen LogP contribution in [0.3, 0.4) is 0 Å². The number of aromatic nitrogens is 4. The lowest BCUT2D eigenvalue weighted by molar-refractivity contribution is 1.08. The zero-order chi connectivity index (χ0) is 48.5. The van der Waals surface area contributed by atoms with Crippen molar-refractivity contribution in [3.05, 3.63) is 241 Å². The minimum Gasteiger partial charge on any atom is -0.309 e. The van der Waals surface area contributed by atoms with Gasteiger partial charge in [0.1, 0.15) is 23.3 Å². The summed E-state index contributed by atoms with van der Waals surface area (Å²) in [6.45, 7) is 2.09. The molecule has 4 aromatic heterocycles. The first-order valence-corrected chi connectivity index (χ1v) is 24.6. The van der Waals surface area contributed by atoms with Gasteiger partial charge in [0.15, 0.2) is 0 Å². The van der Waals surface area contributed by atoms with Gasteiger partial charge in [-0.3, -0.25) is 0 Å². The number of rotatable bonds is 5. The van der Waals surface area contributed by atoms with Gasteiger partial charge in [-0.05, 0) is 83.9 Å². The molecule has 15 rings (SSSR count). The smallest absolute Gasteiger partial charge is 0.104 e. The van der Waals surface area contributed by atoms with Crippen LogP contribution in [0.2, 0.25) is 0 Å². The highest BCUT2D eigenvalue weighted by molar-refractivity contribution is 6.23. The molecule has 0 atom stereocenters. The maximum absolute atomic E-state index is 12.3. The van der Waals surface area contributed by atoms with Crippen molar-refractivity contribution in [1.82, 2.24) is 18.3 Å². The summed E-state index contributed by atoms with van der Waals surface area (Å²) in [5, 5.41) is 35.6. The first kappa shape index (κ1) is 40.7. The fourth-order valence-electron chi connectivity index (χ4n) is 12.3. The normalized spacial score (nSPS) is 11.9. The monoisotopic (exact) mass is 928 g/mol. The van der Waals surface area contributed by atoms with Crippen molar-refractivity contribution in [2.24, 2.45) is 0 Å². The van der Waals surface area contributed by atoms with Crippen LogP contribution >= 0.6 is 0 Å². The number of para-hydroxylation sites is 6. The summed E-state index contributed by atoms with van der Waals surface area (Å²) in [5.74, 6) is 0. The van der Waals surface area contributed by atoms with Crippen molar-refractivity contribution in [1.29, 1.82) is 10.5 Å². The third-order valence-corrected chi connectivity index (χ3v) is 15.3. The van der Waals surface area contributed by atoms with Gasteiger partial charge in [-0.1, -0.05) is 169 Å². The predicted molar refractivity (Wildman–Crippen MR) is 301 cm³/mol. The molecule has 0 saturated carbocycles. The van der Waals surface area contributed by atoms with Crippen LogP contribution in [0.15, 0.2) is 224 Å². The Kier molecular flexibility index (Phi) is 8.61. The summed E-state index contributed by atoms with van der Waals surface area (Å²) >= 11 is 0. The van der Waals surface area contributed by atoms with Crippen LogP contribution < -0.4 is 0 Å². The molecule has 0 saturated heterocycles. The van der Waals surface area contributed by atoms with E-state index in [-0.39, 0.29) is 0 Å². The van der Waals surface area contributed by atoms with Crippen LogP contribution in [-0.2, 0) is 0 Å². The van der Waals surface area contributed by atoms with Gasteiger partial charge in [0, 0.05) is 54.3 Å². The molecule has 0 unspecified atom stereocenters. The zero-order valence-corrected chi connectivity index (χ0v) is 39.5. The maximum Gasteiger partial charge on any atom is 0.104 e. The number of nitriles is 2. The maximum atomic E-state index is 12.3. The summed E-state index contributed by atoms with van der Waals surface area (Å²) in [5.41, 5.74) is 14.4. The Morgan fingerprint density at radius 3 is 1.14 bits per heavy atom. The predicted octanol–water partition coefficient (Wildman–Crippen LogP) is 16.9. The van der Waals surface area contributed by atoms with Gasteiger partial charge in [0.25, 0.3) is 0 Å². The molecular formula is C67H40N6.